The van der Waals surface area contributed by atoms with E-state index >= 15 is 0 Å². The lowest BCUT2D eigenvalue weighted by molar-refractivity contribution is 0.284. The van der Waals surface area contributed by atoms with Crippen LogP contribution in [-0.4, -0.2) is 7.11 Å². The molecule has 3 aromatic rings. The molecule has 0 aliphatic heterocycles. The Morgan fingerprint density at radius 1 is 0.786 bits per heavy atom. The van der Waals surface area contributed by atoms with Gasteiger partial charge in [0, 0.05) is 18.1 Å². The van der Waals surface area contributed by atoms with Gasteiger partial charge in [0.2, 0.25) is 0 Å². The summed E-state index contributed by atoms with van der Waals surface area (Å²) in [6.07, 6.45) is 0. The predicted molar refractivity (Wildman–Crippen MR) is 118 cm³/mol. The molecule has 0 amide bonds. The number of halogens is 2. The summed E-state index contributed by atoms with van der Waals surface area (Å²) in [5.74, 6) is 1.47. The van der Waals surface area contributed by atoms with Crippen molar-refractivity contribution in [3.05, 3.63) is 94.0 Å². The zero-order valence-electron chi connectivity index (χ0n) is 16.1. The van der Waals surface area contributed by atoms with Gasteiger partial charge in [-0.3, -0.25) is 0 Å². The minimum absolute atomic E-state index is 0. The highest BCUT2D eigenvalue weighted by molar-refractivity contribution is 6.30. The topological polar surface area (TPSA) is 30.5 Å². The fourth-order valence-corrected chi connectivity index (χ4v) is 2.87. The summed E-state index contributed by atoms with van der Waals surface area (Å²) in [6, 6.07) is 22.2. The van der Waals surface area contributed by atoms with Crippen molar-refractivity contribution in [3.63, 3.8) is 0 Å². The van der Waals surface area contributed by atoms with Crippen molar-refractivity contribution < 1.29 is 9.47 Å². The summed E-state index contributed by atoms with van der Waals surface area (Å²) in [4.78, 5) is 0. The normalized spacial score (nSPS) is 10.2. The van der Waals surface area contributed by atoms with Crippen LogP contribution in [0.15, 0.2) is 66.7 Å². The Morgan fingerprint density at radius 3 is 2.07 bits per heavy atom. The number of ether oxygens (including phenoxy) is 2. The minimum atomic E-state index is 0. The molecule has 0 aliphatic carbocycles. The molecule has 28 heavy (non-hydrogen) atoms. The maximum absolute atomic E-state index is 5.91. The third-order valence-electron chi connectivity index (χ3n) is 4.31. The van der Waals surface area contributed by atoms with Gasteiger partial charge in [0.25, 0.3) is 0 Å². The second-order valence-electron chi connectivity index (χ2n) is 6.49. The first-order valence-electron chi connectivity index (χ1n) is 8.94. The first kappa shape index (κ1) is 22.1. The van der Waals surface area contributed by atoms with Crippen molar-refractivity contribution in [2.45, 2.75) is 26.6 Å². The Bertz CT molecular complexity index is 865. The molecule has 0 aromatic heterocycles. The van der Waals surface area contributed by atoms with E-state index in [0.29, 0.717) is 6.61 Å². The molecule has 0 bridgehead atoms. The van der Waals surface area contributed by atoms with E-state index in [2.05, 4.69) is 42.6 Å². The van der Waals surface area contributed by atoms with Crippen LogP contribution >= 0.6 is 24.0 Å². The molecule has 0 saturated carbocycles. The van der Waals surface area contributed by atoms with Crippen LogP contribution in [-0.2, 0) is 19.7 Å². The van der Waals surface area contributed by atoms with Crippen LogP contribution in [0.5, 0.6) is 11.5 Å². The van der Waals surface area contributed by atoms with E-state index in [4.69, 9.17) is 21.1 Å². The molecular weight excluding hydrogens is 393 g/mol. The summed E-state index contributed by atoms with van der Waals surface area (Å²) in [5.41, 5.74) is 4.76. The molecule has 0 heterocycles. The van der Waals surface area contributed by atoms with Crippen LogP contribution in [0, 0.1) is 6.92 Å². The van der Waals surface area contributed by atoms with Crippen LogP contribution in [0.25, 0.3) is 0 Å². The smallest absolute Gasteiger partial charge is 0.161 e. The van der Waals surface area contributed by atoms with E-state index < -0.39 is 0 Å². The molecule has 5 heteroatoms. The van der Waals surface area contributed by atoms with Gasteiger partial charge < -0.3 is 14.8 Å². The highest BCUT2D eigenvalue weighted by atomic mass is 35.5. The lowest BCUT2D eigenvalue weighted by atomic mass is 10.1. The lowest BCUT2D eigenvalue weighted by Crippen LogP contribution is -2.12. The molecule has 148 valence electrons. The largest absolute Gasteiger partial charge is 0.493 e. The zero-order chi connectivity index (χ0) is 19.1. The van der Waals surface area contributed by atoms with Gasteiger partial charge in [-0.15, -0.1) is 12.4 Å². The molecule has 3 rings (SSSR count). The molecule has 1 N–H and O–H groups in total. The minimum Gasteiger partial charge on any atom is -0.493 e. The quantitative estimate of drug-likeness (QED) is 0.491. The van der Waals surface area contributed by atoms with Gasteiger partial charge in [0.1, 0.15) is 6.61 Å². The van der Waals surface area contributed by atoms with Gasteiger partial charge in [0.15, 0.2) is 11.5 Å². The maximum atomic E-state index is 5.91. The van der Waals surface area contributed by atoms with Gasteiger partial charge in [-0.1, -0.05) is 59.6 Å². The second kappa shape index (κ2) is 11.0. The first-order chi connectivity index (χ1) is 13.1. The summed E-state index contributed by atoms with van der Waals surface area (Å²) in [5, 5.41) is 4.18. The molecule has 0 radical (unpaired) electrons. The fourth-order valence-electron chi connectivity index (χ4n) is 2.74. The van der Waals surface area contributed by atoms with Crippen molar-refractivity contribution in [1.82, 2.24) is 5.32 Å². The van der Waals surface area contributed by atoms with Gasteiger partial charge in [-0.05, 0) is 47.9 Å². The van der Waals surface area contributed by atoms with Crippen LogP contribution in [0.3, 0.4) is 0 Å². The van der Waals surface area contributed by atoms with Gasteiger partial charge >= 0.3 is 0 Å². The molecule has 3 aromatic carbocycles. The predicted octanol–water partition coefficient (Wildman–Crippen LogP) is 5.95. The van der Waals surface area contributed by atoms with Crippen molar-refractivity contribution in [1.29, 1.82) is 0 Å². The average molecular weight is 418 g/mol. The van der Waals surface area contributed by atoms with E-state index in [-0.39, 0.29) is 12.4 Å². The summed E-state index contributed by atoms with van der Waals surface area (Å²) in [7, 11) is 1.66. The van der Waals surface area contributed by atoms with Crippen LogP contribution in [0.2, 0.25) is 5.02 Å². The molecule has 0 fully saturated rings. The Hall–Kier alpha value is -2.20. The first-order valence-corrected chi connectivity index (χ1v) is 9.32. The van der Waals surface area contributed by atoms with Crippen molar-refractivity contribution in [2.24, 2.45) is 0 Å². The van der Waals surface area contributed by atoms with Gasteiger partial charge in [0.05, 0.1) is 7.11 Å². The number of hydrogen-bond donors (Lipinski definition) is 1. The molecule has 0 atom stereocenters. The number of methoxy groups -OCH3 is 1. The van der Waals surface area contributed by atoms with E-state index in [1.165, 1.54) is 11.1 Å². The average Bonchev–Trinajstić information content (AvgIpc) is 2.69. The monoisotopic (exact) mass is 417 g/mol. The summed E-state index contributed by atoms with van der Waals surface area (Å²) < 4.78 is 11.4. The van der Waals surface area contributed by atoms with Crippen LogP contribution in [0.1, 0.15) is 22.3 Å². The Kier molecular flexibility index (Phi) is 8.65. The Morgan fingerprint density at radius 2 is 1.39 bits per heavy atom. The van der Waals surface area contributed by atoms with E-state index in [0.717, 1.165) is 40.7 Å². The van der Waals surface area contributed by atoms with Crippen molar-refractivity contribution in [2.75, 3.05) is 7.11 Å². The number of nitrogens with one attached hydrogen (secondary N) is 1. The molecule has 0 spiro atoms. The third kappa shape index (κ3) is 6.45. The standard InChI is InChI=1S/C23H24ClNO2.ClH/c1-17-3-5-18(6-4-17)14-25-15-20-9-12-22(23(13-20)26-2)27-16-19-7-10-21(24)11-8-19;/h3-13,25H,14-16H2,1-2H3;1H. The van der Waals surface area contributed by atoms with E-state index in [1.54, 1.807) is 7.11 Å². The molecule has 3 nitrogen and oxygen atoms in total. The Balaban J connectivity index is 0.00000280. The fraction of sp³-hybridized carbons (Fsp3) is 0.217. The maximum Gasteiger partial charge on any atom is 0.161 e. The third-order valence-corrected chi connectivity index (χ3v) is 4.57. The zero-order valence-corrected chi connectivity index (χ0v) is 17.6. The molecule has 0 saturated heterocycles. The number of rotatable bonds is 8. The number of aryl methyl sites for hydroxylation is 1. The number of hydrogen-bond acceptors (Lipinski definition) is 3. The van der Waals surface area contributed by atoms with E-state index in [9.17, 15) is 0 Å². The van der Waals surface area contributed by atoms with Crippen molar-refractivity contribution in [3.8, 4) is 11.5 Å². The summed E-state index contributed by atoms with van der Waals surface area (Å²) in [6.45, 7) is 4.16. The Labute approximate surface area is 178 Å². The molecule has 0 aliphatic rings. The highest BCUT2D eigenvalue weighted by Crippen LogP contribution is 2.29. The molecular formula is C23H25Cl2NO2. The van der Waals surface area contributed by atoms with E-state index in [1.807, 2.05) is 36.4 Å². The second-order valence-corrected chi connectivity index (χ2v) is 6.93. The van der Waals surface area contributed by atoms with Crippen LogP contribution in [0.4, 0.5) is 0 Å². The SMILES string of the molecule is COc1cc(CNCc2ccc(C)cc2)ccc1OCc1ccc(Cl)cc1.Cl. The van der Waals surface area contributed by atoms with Crippen LogP contribution < -0.4 is 14.8 Å². The van der Waals surface area contributed by atoms with Gasteiger partial charge in [-0.2, -0.15) is 0 Å². The van der Waals surface area contributed by atoms with Gasteiger partial charge in [-0.25, -0.2) is 0 Å². The molecule has 0 unspecified atom stereocenters. The highest BCUT2D eigenvalue weighted by Gasteiger charge is 2.06. The van der Waals surface area contributed by atoms with Crippen molar-refractivity contribution >= 4 is 24.0 Å². The summed E-state index contributed by atoms with van der Waals surface area (Å²) >= 11 is 5.91. The number of benzene rings is 3. The lowest BCUT2D eigenvalue weighted by Gasteiger charge is -2.13.